The van der Waals surface area contributed by atoms with Gasteiger partial charge in [-0.3, -0.25) is 20.2 Å². The summed E-state index contributed by atoms with van der Waals surface area (Å²) in [4.78, 5) is 68.3. The normalized spacial score (nSPS) is 10.2. The number of ether oxygens (including phenoxy) is 4. The van der Waals surface area contributed by atoms with Gasteiger partial charge >= 0.3 is 23.9 Å². The van der Waals surface area contributed by atoms with Crippen molar-refractivity contribution in [3.63, 3.8) is 0 Å². The molecule has 0 spiro atoms. The third-order valence-corrected chi connectivity index (χ3v) is 5.08. The van der Waals surface area contributed by atoms with Crippen LogP contribution in [0.2, 0.25) is 0 Å². The van der Waals surface area contributed by atoms with E-state index in [1.54, 1.807) is 0 Å². The third-order valence-electron chi connectivity index (χ3n) is 5.08. The highest BCUT2D eigenvalue weighted by atomic mass is 16.6. The van der Waals surface area contributed by atoms with Crippen LogP contribution < -0.4 is 0 Å². The van der Waals surface area contributed by atoms with Crippen LogP contribution in [0.15, 0.2) is 72.8 Å². The molecule has 0 aliphatic rings. The van der Waals surface area contributed by atoms with Crippen molar-refractivity contribution in [2.24, 2.45) is 0 Å². The van der Waals surface area contributed by atoms with E-state index in [0.717, 1.165) is 24.3 Å². The second-order valence-corrected chi connectivity index (χ2v) is 7.73. The van der Waals surface area contributed by atoms with Crippen LogP contribution in [0.3, 0.4) is 0 Å². The second kappa shape index (κ2) is 13.8. The van der Waals surface area contributed by atoms with Crippen molar-refractivity contribution in [2.45, 2.75) is 0 Å². The predicted octanol–water partition coefficient (Wildman–Crippen LogP) is 3.53. The SMILES string of the molecule is O=C(OCCOC(=O)c1ccc([N+](=O)[O-])cc1)c1ccc(C(=O)OCCOC(=O)c2ccc([N+](=O)[O-])cc2)cc1. The zero-order valence-electron chi connectivity index (χ0n) is 20.6. The summed E-state index contributed by atoms with van der Waals surface area (Å²) < 4.78 is 20.0. The Balaban J connectivity index is 1.35. The van der Waals surface area contributed by atoms with Crippen molar-refractivity contribution >= 4 is 35.3 Å². The van der Waals surface area contributed by atoms with Gasteiger partial charge in [0.25, 0.3) is 11.4 Å². The molecule has 14 heteroatoms. The van der Waals surface area contributed by atoms with Crippen LogP contribution in [0.5, 0.6) is 0 Å². The predicted molar refractivity (Wildman–Crippen MR) is 134 cm³/mol. The maximum atomic E-state index is 12.2. The fraction of sp³-hybridized carbons (Fsp3) is 0.154. The molecular formula is C26H20N2O12. The Morgan fingerprint density at radius 3 is 0.850 bits per heavy atom. The summed E-state index contributed by atoms with van der Waals surface area (Å²) in [6.45, 7) is -0.999. The molecule has 0 aromatic heterocycles. The summed E-state index contributed by atoms with van der Waals surface area (Å²) >= 11 is 0. The molecule has 0 saturated carbocycles. The number of nitro benzene ring substituents is 2. The molecule has 3 aromatic rings. The molecule has 3 rings (SSSR count). The van der Waals surface area contributed by atoms with Crippen molar-refractivity contribution in [1.82, 2.24) is 0 Å². The summed E-state index contributed by atoms with van der Waals surface area (Å²) in [6.07, 6.45) is 0. The Labute approximate surface area is 225 Å². The smallest absolute Gasteiger partial charge is 0.338 e. The Morgan fingerprint density at radius 2 is 0.650 bits per heavy atom. The molecule has 0 unspecified atom stereocenters. The minimum absolute atomic E-state index is 0.0991. The highest BCUT2D eigenvalue weighted by molar-refractivity contribution is 5.93. The summed E-state index contributed by atoms with van der Waals surface area (Å²) in [6, 6.07) is 14.9. The molecule has 40 heavy (non-hydrogen) atoms. The van der Waals surface area contributed by atoms with Crippen LogP contribution in [-0.4, -0.2) is 60.2 Å². The number of hydrogen-bond donors (Lipinski definition) is 0. The van der Waals surface area contributed by atoms with E-state index in [1.807, 2.05) is 0 Å². The van der Waals surface area contributed by atoms with E-state index in [2.05, 4.69) is 0 Å². The van der Waals surface area contributed by atoms with Crippen molar-refractivity contribution in [1.29, 1.82) is 0 Å². The van der Waals surface area contributed by atoms with E-state index in [4.69, 9.17) is 18.9 Å². The molecule has 0 fully saturated rings. The quantitative estimate of drug-likeness (QED) is 0.104. The zero-order valence-corrected chi connectivity index (χ0v) is 20.6. The molecular weight excluding hydrogens is 532 g/mol. The molecule has 14 nitrogen and oxygen atoms in total. The van der Waals surface area contributed by atoms with E-state index < -0.39 is 33.7 Å². The Kier molecular flexibility index (Phi) is 9.94. The van der Waals surface area contributed by atoms with Gasteiger partial charge in [0.1, 0.15) is 26.4 Å². The van der Waals surface area contributed by atoms with E-state index in [-0.39, 0.29) is 60.1 Å². The first-order valence-electron chi connectivity index (χ1n) is 11.4. The number of rotatable bonds is 12. The Bertz CT molecular complexity index is 1290. The molecule has 0 saturated heterocycles. The van der Waals surface area contributed by atoms with Crippen LogP contribution in [0.1, 0.15) is 41.4 Å². The highest BCUT2D eigenvalue weighted by Gasteiger charge is 2.14. The maximum absolute atomic E-state index is 12.2. The van der Waals surface area contributed by atoms with Gasteiger partial charge in [0.15, 0.2) is 0 Å². The van der Waals surface area contributed by atoms with Crippen LogP contribution in [0.4, 0.5) is 11.4 Å². The Morgan fingerprint density at radius 1 is 0.450 bits per heavy atom. The topological polar surface area (TPSA) is 191 Å². The molecule has 0 N–H and O–H groups in total. The van der Waals surface area contributed by atoms with Gasteiger partial charge in [-0.05, 0) is 48.5 Å². The molecule has 0 heterocycles. The number of hydrogen-bond acceptors (Lipinski definition) is 12. The molecule has 0 radical (unpaired) electrons. The largest absolute Gasteiger partial charge is 0.458 e. The minimum Gasteiger partial charge on any atom is -0.458 e. The number of benzene rings is 3. The lowest BCUT2D eigenvalue weighted by Gasteiger charge is -2.08. The molecule has 0 aliphatic heterocycles. The number of carbonyl (C=O) groups is 4. The first-order valence-corrected chi connectivity index (χ1v) is 11.4. The lowest BCUT2D eigenvalue weighted by atomic mass is 10.1. The lowest BCUT2D eigenvalue weighted by Crippen LogP contribution is -2.15. The number of carbonyl (C=O) groups excluding carboxylic acids is 4. The third kappa shape index (κ3) is 8.17. The first-order chi connectivity index (χ1) is 19.2. The summed E-state index contributed by atoms with van der Waals surface area (Å²) in [5, 5.41) is 21.3. The second-order valence-electron chi connectivity index (χ2n) is 7.73. The van der Waals surface area contributed by atoms with E-state index in [0.29, 0.717) is 0 Å². The fourth-order valence-electron chi connectivity index (χ4n) is 3.05. The van der Waals surface area contributed by atoms with Gasteiger partial charge in [-0.2, -0.15) is 0 Å². The summed E-state index contributed by atoms with van der Waals surface area (Å²) in [5.41, 5.74) is 0.0915. The zero-order chi connectivity index (χ0) is 29.1. The van der Waals surface area contributed by atoms with E-state index in [1.165, 1.54) is 48.5 Å². The van der Waals surface area contributed by atoms with Crippen molar-refractivity contribution in [2.75, 3.05) is 26.4 Å². The van der Waals surface area contributed by atoms with Crippen molar-refractivity contribution in [3.8, 4) is 0 Å². The van der Waals surface area contributed by atoms with Gasteiger partial charge in [0.2, 0.25) is 0 Å². The molecule has 0 bridgehead atoms. The summed E-state index contributed by atoms with van der Waals surface area (Å²) in [5.74, 6) is -2.95. The Hall–Kier alpha value is -5.66. The van der Waals surface area contributed by atoms with Gasteiger partial charge < -0.3 is 18.9 Å². The van der Waals surface area contributed by atoms with Crippen LogP contribution in [0, 0.1) is 20.2 Å². The molecule has 0 aliphatic carbocycles. The average molecular weight is 552 g/mol. The minimum atomic E-state index is -0.741. The monoisotopic (exact) mass is 552 g/mol. The number of non-ortho nitro benzene ring substituents is 2. The van der Waals surface area contributed by atoms with Gasteiger partial charge in [-0.15, -0.1) is 0 Å². The molecule has 3 aromatic carbocycles. The van der Waals surface area contributed by atoms with Gasteiger partial charge in [0, 0.05) is 24.3 Å². The standard InChI is InChI=1S/C26H20N2O12/c29-23(37-13-15-39-25(31)19-5-9-21(10-6-19)27(33)34)17-1-2-18(4-3-17)24(30)38-14-16-40-26(32)20-7-11-22(12-8-20)28(35)36/h1-12H,13-16H2. The number of esters is 4. The van der Waals surface area contributed by atoms with Gasteiger partial charge in [-0.1, -0.05) is 0 Å². The molecule has 0 amide bonds. The maximum Gasteiger partial charge on any atom is 0.338 e. The first kappa shape index (κ1) is 28.9. The number of nitrogens with zero attached hydrogens (tertiary/aromatic N) is 2. The van der Waals surface area contributed by atoms with Crippen LogP contribution >= 0.6 is 0 Å². The van der Waals surface area contributed by atoms with Crippen molar-refractivity contribution < 1.29 is 48.0 Å². The van der Waals surface area contributed by atoms with E-state index >= 15 is 0 Å². The fourth-order valence-corrected chi connectivity index (χ4v) is 3.05. The lowest BCUT2D eigenvalue weighted by molar-refractivity contribution is -0.385. The number of nitro groups is 2. The molecule has 0 atom stereocenters. The average Bonchev–Trinajstić information content (AvgIpc) is 2.97. The van der Waals surface area contributed by atoms with Crippen molar-refractivity contribution in [3.05, 3.63) is 115 Å². The highest BCUT2D eigenvalue weighted by Crippen LogP contribution is 2.14. The van der Waals surface area contributed by atoms with Gasteiger partial charge in [0.05, 0.1) is 32.1 Å². The van der Waals surface area contributed by atoms with Crippen LogP contribution in [-0.2, 0) is 18.9 Å². The summed E-state index contributed by atoms with van der Waals surface area (Å²) in [7, 11) is 0. The van der Waals surface area contributed by atoms with E-state index in [9.17, 15) is 39.4 Å². The molecule has 206 valence electrons. The van der Waals surface area contributed by atoms with Gasteiger partial charge in [-0.25, -0.2) is 19.2 Å². The van der Waals surface area contributed by atoms with Crippen LogP contribution in [0.25, 0.3) is 0 Å².